The molecular formula is C13H29NO. The van der Waals surface area contributed by atoms with Gasteiger partial charge in [0, 0.05) is 12.6 Å². The topological polar surface area (TPSA) is 32.3 Å². The van der Waals surface area contributed by atoms with E-state index < -0.39 is 0 Å². The molecular weight excluding hydrogens is 186 g/mol. The van der Waals surface area contributed by atoms with Crippen molar-refractivity contribution in [3.8, 4) is 0 Å². The van der Waals surface area contributed by atoms with Crippen LogP contribution < -0.4 is 5.32 Å². The summed E-state index contributed by atoms with van der Waals surface area (Å²) in [6.45, 7) is 11.3. The van der Waals surface area contributed by atoms with Crippen LogP contribution in [0.15, 0.2) is 0 Å². The number of aliphatic hydroxyl groups excluding tert-OH is 1. The molecule has 0 heterocycles. The third-order valence-corrected chi connectivity index (χ3v) is 2.90. The van der Waals surface area contributed by atoms with Gasteiger partial charge in [0.2, 0.25) is 0 Å². The molecule has 0 aliphatic heterocycles. The fourth-order valence-corrected chi connectivity index (χ4v) is 1.42. The smallest absolute Gasteiger partial charge is 0.0712 e. The Bertz CT molecular complexity index is 151. The molecule has 15 heavy (non-hydrogen) atoms. The van der Waals surface area contributed by atoms with Crippen LogP contribution in [0.5, 0.6) is 0 Å². The van der Waals surface area contributed by atoms with E-state index in [1.807, 2.05) is 0 Å². The van der Waals surface area contributed by atoms with Gasteiger partial charge in [0.05, 0.1) is 6.10 Å². The SMILES string of the molecule is CCCCCC(C)NCC(O)C(C)(C)C. The average Bonchev–Trinajstić information content (AvgIpc) is 2.13. The first-order chi connectivity index (χ1) is 6.88. The summed E-state index contributed by atoms with van der Waals surface area (Å²) in [6.07, 6.45) is 4.83. The molecule has 2 N–H and O–H groups in total. The Labute approximate surface area is 95.5 Å². The van der Waals surface area contributed by atoms with Crippen LogP contribution in [-0.4, -0.2) is 23.8 Å². The summed E-state index contributed by atoms with van der Waals surface area (Å²) < 4.78 is 0. The van der Waals surface area contributed by atoms with Crippen molar-refractivity contribution >= 4 is 0 Å². The molecule has 0 aliphatic carbocycles. The van der Waals surface area contributed by atoms with Crippen LogP contribution in [-0.2, 0) is 0 Å². The van der Waals surface area contributed by atoms with Crippen molar-refractivity contribution in [1.82, 2.24) is 5.32 Å². The van der Waals surface area contributed by atoms with Crippen molar-refractivity contribution in [3.63, 3.8) is 0 Å². The van der Waals surface area contributed by atoms with Gasteiger partial charge in [-0.25, -0.2) is 0 Å². The predicted molar refractivity (Wildman–Crippen MR) is 67.1 cm³/mol. The van der Waals surface area contributed by atoms with E-state index in [9.17, 15) is 5.11 Å². The molecule has 0 aromatic rings. The molecule has 92 valence electrons. The number of rotatable bonds is 7. The zero-order chi connectivity index (χ0) is 11.9. The molecule has 0 aromatic heterocycles. The van der Waals surface area contributed by atoms with Gasteiger partial charge in [-0.15, -0.1) is 0 Å². The summed E-state index contributed by atoms with van der Waals surface area (Å²) >= 11 is 0. The van der Waals surface area contributed by atoms with Gasteiger partial charge in [0.1, 0.15) is 0 Å². The molecule has 0 saturated carbocycles. The number of hydrogen-bond acceptors (Lipinski definition) is 2. The largest absolute Gasteiger partial charge is 0.391 e. The standard InChI is InChI=1S/C13H29NO/c1-6-7-8-9-11(2)14-10-12(15)13(3,4)5/h11-12,14-15H,6-10H2,1-5H3. The molecule has 0 fully saturated rings. The van der Waals surface area contributed by atoms with Gasteiger partial charge in [-0.3, -0.25) is 0 Å². The van der Waals surface area contributed by atoms with Crippen molar-refractivity contribution in [1.29, 1.82) is 0 Å². The van der Waals surface area contributed by atoms with Crippen molar-refractivity contribution in [2.24, 2.45) is 5.41 Å². The second-order valence-electron chi connectivity index (χ2n) is 5.69. The van der Waals surface area contributed by atoms with Gasteiger partial charge in [-0.2, -0.15) is 0 Å². The van der Waals surface area contributed by atoms with E-state index in [0.29, 0.717) is 12.6 Å². The summed E-state index contributed by atoms with van der Waals surface area (Å²) in [5.41, 5.74) is -0.0177. The molecule has 0 saturated heterocycles. The van der Waals surface area contributed by atoms with E-state index in [2.05, 4.69) is 39.9 Å². The second kappa shape index (κ2) is 7.24. The molecule has 2 nitrogen and oxygen atoms in total. The minimum Gasteiger partial charge on any atom is -0.391 e. The van der Waals surface area contributed by atoms with Crippen molar-refractivity contribution in [2.45, 2.75) is 72.4 Å². The number of unbranched alkanes of at least 4 members (excludes halogenated alkanes) is 2. The predicted octanol–water partition coefficient (Wildman–Crippen LogP) is 2.95. The van der Waals surface area contributed by atoms with E-state index in [1.54, 1.807) is 0 Å². The molecule has 0 aliphatic rings. The van der Waals surface area contributed by atoms with E-state index in [-0.39, 0.29) is 11.5 Å². The maximum atomic E-state index is 9.84. The summed E-state index contributed by atoms with van der Waals surface area (Å²) in [6, 6.07) is 0.522. The zero-order valence-corrected chi connectivity index (χ0v) is 11.1. The Morgan fingerprint density at radius 3 is 2.27 bits per heavy atom. The Morgan fingerprint density at radius 1 is 1.20 bits per heavy atom. The second-order valence-corrected chi connectivity index (χ2v) is 5.69. The van der Waals surface area contributed by atoms with Crippen LogP contribution in [0.25, 0.3) is 0 Å². The monoisotopic (exact) mass is 215 g/mol. The number of aliphatic hydroxyl groups is 1. The van der Waals surface area contributed by atoms with Gasteiger partial charge in [0.15, 0.2) is 0 Å². The van der Waals surface area contributed by atoms with Gasteiger partial charge in [0.25, 0.3) is 0 Å². The first kappa shape index (κ1) is 14.9. The number of hydrogen-bond donors (Lipinski definition) is 2. The molecule has 0 amide bonds. The van der Waals surface area contributed by atoms with Gasteiger partial charge >= 0.3 is 0 Å². The van der Waals surface area contributed by atoms with Gasteiger partial charge in [-0.05, 0) is 18.8 Å². The summed E-state index contributed by atoms with van der Waals surface area (Å²) in [7, 11) is 0. The molecule has 0 rings (SSSR count). The Morgan fingerprint density at radius 2 is 1.80 bits per heavy atom. The molecule has 0 bridgehead atoms. The lowest BCUT2D eigenvalue weighted by Gasteiger charge is -2.27. The highest BCUT2D eigenvalue weighted by Gasteiger charge is 2.21. The minimum atomic E-state index is -0.258. The Hall–Kier alpha value is -0.0800. The normalized spacial score (nSPS) is 16.4. The molecule has 0 spiro atoms. The lowest BCUT2D eigenvalue weighted by Crippen LogP contribution is -2.40. The first-order valence-corrected chi connectivity index (χ1v) is 6.29. The molecule has 2 heteroatoms. The van der Waals surface area contributed by atoms with Crippen LogP contribution in [0, 0.1) is 5.41 Å². The maximum Gasteiger partial charge on any atom is 0.0712 e. The van der Waals surface area contributed by atoms with E-state index >= 15 is 0 Å². The van der Waals surface area contributed by atoms with Crippen molar-refractivity contribution in [3.05, 3.63) is 0 Å². The fourth-order valence-electron chi connectivity index (χ4n) is 1.42. The summed E-state index contributed by atoms with van der Waals surface area (Å²) in [4.78, 5) is 0. The molecule has 2 atom stereocenters. The quantitative estimate of drug-likeness (QED) is 0.640. The van der Waals surface area contributed by atoms with E-state index in [1.165, 1.54) is 25.7 Å². The third kappa shape index (κ3) is 7.80. The molecule has 2 unspecified atom stereocenters. The minimum absolute atomic E-state index is 0.0177. The van der Waals surface area contributed by atoms with E-state index in [4.69, 9.17) is 0 Å². The van der Waals surface area contributed by atoms with Crippen LogP contribution >= 0.6 is 0 Å². The lowest BCUT2D eigenvalue weighted by atomic mass is 9.89. The molecule has 0 aromatic carbocycles. The highest BCUT2D eigenvalue weighted by molar-refractivity contribution is 4.76. The fraction of sp³-hybridized carbons (Fsp3) is 1.00. The van der Waals surface area contributed by atoms with Crippen molar-refractivity contribution < 1.29 is 5.11 Å². The lowest BCUT2D eigenvalue weighted by molar-refractivity contribution is 0.0606. The van der Waals surface area contributed by atoms with E-state index in [0.717, 1.165) is 0 Å². The highest BCUT2D eigenvalue weighted by Crippen LogP contribution is 2.18. The van der Waals surface area contributed by atoms with Gasteiger partial charge in [-0.1, -0.05) is 47.0 Å². The highest BCUT2D eigenvalue weighted by atomic mass is 16.3. The third-order valence-electron chi connectivity index (χ3n) is 2.90. The zero-order valence-electron chi connectivity index (χ0n) is 11.1. The Balaban J connectivity index is 3.57. The summed E-state index contributed by atoms with van der Waals surface area (Å²) in [5, 5.41) is 13.2. The average molecular weight is 215 g/mol. The van der Waals surface area contributed by atoms with Crippen LogP contribution in [0.1, 0.15) is 60.3 Å². The van der Waals surface area contributed by atoms with Crippen LogP contribution in [0.3, 0.4) is 0 Å². The number of nitrogens with one attached hydrogen (secondary N) is 1. The van der Waals surface area contributed by atoms with Crippen molar-refractivity contribution in [2.75, 3.05) is 6.54 Å². The first-order valence-electron chi connectivity index (χ1n) is 6.29. The van der Waals surface area contributed by atoms with Crippen LogP contribution in [0.2, 0.25) is 0 Å². The van der Waals surface area contributed by atoms with Gasteiger partial charge < -0.3 is 10.4 Å². The molecule has 0 radical (unpaired) electrons. The Kier molecular flexibility index (Phi) is 7.20. The van der Waals surface area contributed by atoms with Crippen LogP contribution in [0.4, 0.5) is 0 Å². The maximum absolute atomic E-state index is 9.84. The summed E-state index contributed by atoms with van der Waals surface area (Å²) in [5.74, 6) is 0.